The van der Waals surface area contributed by atoms with Gasteiger partial charge < -0.3 is 15.8 Å². The lowest BCUT2D eigenvalue weighted by molar-refractivity contribution is -0.125. The smallest absolute Gasteiger partial charge is 0.223 e. The molecule has 0 spiro atoms. The fraction of sp³-hybridized carbons (Fsp3) is 0.900. The van der Waals surface area contributed by atoms with Crippen molar-refractivity contribution in [2.24, 2.45) is 11.7 Å². The van der Waals surface area contributed by atoms with Crippen LogP contribution >= 0.6 is 0 Å². The summed E-state index contributed by atoms with van der Waals surface area (Å²) in [5.41, 5.74) is 5.39. The van der Waals surface area contributed by atoms with E-state index in [0.717, 1.165) is 25.9 Å². The van der Waals surface area contributed by atoms with Gasteiger partial charge in [-0.3, -0.25) is 4.79 Å². The minimum atomic E-state index is 0.0687. The van der Waals surface area contributed by atoms with Gasteiger partial charge in [0, 0.05) is 12.5 Å². The van der Waals surface area contributed by atoms with E-state index < -0.39 is 0 Å². The Morgan fingerprint density at radius 1 is 1.71 bits per heavy atom. The summed E-state index contributed by atoms with van der Waals surface area (Å²) in [6, 6.07) is 0.225. The zero-order valence-electron chi connectivity index (χ0n) is 8.79. The second-order valence-corrected chi connectivity index (χ2v) is 3.90. The molecule has 1 rings (SSSR count). The predicted molar refractivity (Wildman–Crippen MR) is 54.8 cm³/mol. The molecular weight excluding hydrogens is 180 g/mol. The molecule has 0 aromatic carbocycles. The number of nitrogens with one attached hydrogen (secondary N) is 1. The van der Waals surface area contributed by atoms with Crippen LogP contribution in [0.4, 0.5) is 0 Å². The number of hydrogen-bond donors (Lipinski definition) is 2. The van der Waals surface area contributed by atoms with E-state index in [1.165, 1.54) is 0 Å². The normalized spacial score (nSPS) is 23.4. The Morgan fingerprint density at radius 2 is 2.50 bits per heavy atom. The maximum Gasteiger partial charge on any atom is 0.223 e. The molecule has 1 amide bonds. The number of carbonyl (C=O) groups excluding carboxylic acids is 1. The number of ether oxygens (including phenoxy) is 1. The van der Waals surface area contributed by atoms with Crippen LogP contribution in [0.2, 0.25) is 0 Å². The monoisotopic (exact) mass is 200 g/mol. The number of hydrogen-bond acceptors (Lipinski definition) is 3. The first-order chi connectivity index (χ1) is 6.74. The van der Waals surface area contributed by atoms with Crippen LogP contribution in [0.3, 0.4) is 0 Å². The lowest BCUT2D eigenvalue weighted by atomic mass is 10.0. The van der Waals surface area contributed by atoms with Gasteiger partial charge in [-0.05, 0) is 25.8 Å². The van der Waals surface area contributed by atoms with Gasteiger partial charge in [0.15, 0.2) is 0 Å². The molecule has 0 radical (unpaired) electrons. The average Bonchev–Trinajstić information content (AvgIpc) is 2.66. The van der Waals surface area contributed by atoms with Gasteiger partial charge >= 0.3 is 0 Å². The number of carbonyl (C=O) groups is 1. The maximum atomic E-state index is 11.6. The van der Waals surface area contributed by atoms with Crippen molar-refractivity contribution in [3.05, 3.63) is 0 Å². The van der Waals surface area contributed by atoms with Gasteiger partial charge in [0.2, 0.25) is 5.91 Å². The van der Waals surface area contributed by atoms with E-state index in [0.29, 0.717) is 13.2 Å². The lowest BCUT2D eigenvalue weighted by Gasteiger charge is -2.15. The SMILES string of the molecule is CC(CCCN)C(=O)NC1CCOC1. The van der Waals surface area contributed by atoms with Crippen LogP contribution in [0.5, 0.6) is 0 Å². The van der Waals surface area contributed by atoms with Crippen molar-refractivity contribution in [2.75, 3.05) is 19.8 Å². The number of nitrogens with two attached hydrogens (primary N) is 1. The molecule has 2 atom stereocenters. The van der Waals surface area contributed by atoms with E-state index in [1.54, 1.807) is 0 Å². The van der Waals surface area contributed by atoms with E-state index in [1.807, 2.05) is 6.92 Å². The summed E-state index contributed by atoms with van der Waals surface area (Å²) >= 11 is 0. The second-order valence-electron chi connectivity index (χ2n) is 3.90. The molecule has 82 valence electrons. The summed E-state index contributed by atoms with van der Waals surface area (Å²) in [7, 11) is 0. The van der Waals surface area contributed by atoms with Gasteiger partial charge in [-0.25, -0.2) is 0 Å². The van der Waals surface area contributed by atoms with E-state index in [9.17, 15) is 4.79 Å². The van der Waals surface area contributed by atoms with Crippen molar-refractivity contribution in [2.45, 2.75) is 32.2 Å². The topological polar surface area (TPSA) is 64.4 Å². The largest absolute Gasteiger partial charge is 0.379 e. The highest BCUT2D eigenvalue weighted by molar-refractivity contribution is 5.78. The second kappa shape index (κ2) is 5.98. The van der Waals surface area contributed by atoms with Crippen LogP contribution in [0.1, 0.15) is 26.2 Å². The molecule has 14 heavy (non-hydrogen) atoms. The first kappa shape index (κ1) is 11.5. The van der Waals surface area contributed by atoms with Gasteiger partial charge in [0.25, 0.3) is 0 Å². The molecule has 1 aliphatic heterocycles. The first-order valence-electron chi connectivity index (χ1n) is 5.32. The van der Waals surface area contributed by atoms with Gasteiger partial charge in [0.1, 0.15) is 0 Å². The Bertz CT molecular complexity index is 179. The Kier molecular flexibility index (Phi) is 4.90. The van der Waals surface area contributed by atoms with Crippen LogP contribution in [0, 0.1) is 5.92 Å². The van der Waals surface area contributed by atoms with E-state index in [2.05, 4.69) is 5.32 Å². The molecule has 0 aromatic rings. The highest BCUT2D eigenvalue weighted by Gasteiger charge is 2.20. The Hall–Kier alpha value is -0.610. The molecule has 0 aliphatic carbocycles. The summed E-state index contributed by atoms with van der Waals surface area (Å²) < 4.78 is 5.18. The summed E-state index contributed by atoms with van der Waals surface area (Å²) in [5.74, 6) is 0.202. The van der Waals surface area contributed by atoms with E-state index in [-0.39, 0.29) is 17.9 Å². The molecule has 3 N–H and O–H groups in total. The molecule has 1 fully saturated rings. The minimum Gasteiger partial charge on any atom is -0.379 e. The Morgan fingerprint density at radius 3 is 3.07 bits per heavy atom. The summed E-state index contributed by atoms with van der Waals surface area (Å²) in [6.45, 7) is 4.03. The number of rotatable bonds is 5. The predicted octanol–water partition coefficient (Wildman–Crippen LogP) is 0.267. The van der Waals surface area contributed by atoms with Crippen LogP contribution in [0.15, 0.2) is 0 Å². The fourth-order valence-corrected chi connectivity index (χ4v) is 1.55. The Labute approximate surface area is 85.2 Å². The molecule has 1 aliphatic rings. The third-order valence-corrected chi connectivity index (χ3v) is 2.56. The summed E-state index contributed by atoms with van der Waals surface area (Å²) in [6.07, 6.45) is 2.72. The standard InChI is InChI=1S/C10H20N2O2/c1-8(3-2-5-11)10(13)12-9-4-6-14-7-9/h8-9H,2-7,11H2,1H3,(H,12,13). The lowest BCUT2D eigenvalue weighted by Crippen LogP contribution is -2.38. The quantitative estimate of drug-likeness (QED) is 0.669. The van der Waals surface area contributed by atoms with Crippen LogP contribution in [0.25, 0.3) is 0 Å². The van der Waals surface area contributed by atoms with Gasteiger partial charge in [0.05, 0.1) is 12.6 Å². The van der Waals surface area contributed by atoms with Crippen LogP contribution in [-0.2, 0) is 9.53 Å². The fourth-order valence-electron chi connectivity index (χ4n) is 1.55. The van der Waals surface area contributed by atoms with E-state index >= 15 is 0 Å². The molecule has 0 bridgehead atoms. The molecule has 4 heteroatoms. The molecule has 4 nitrogen and oxygen atoms in total. The van der Waals surface area contributed by atoms with Gasteiger partial charge in [-0.15, -0.1) is 0 Å². The maximum absolute atomic E-state index is 11.6. The highest BCUT2D eigenvalue weighted by atomic mass is 16.5. The van der Waals surface area contributed by atoms with E-state index in [4.69, 9.17) is 10.5 Å². The third-order valence-electron chi connectivity index (χ3n) is 2.56. The van der Waals surface area contributed by atoms with Crippen molar-refractivity contribution in [1.82, 2.24) is 5.32 Å². The Balaban J connectivity index is 2.18. The molecule has 0 saturated carbocycles. The molecule has 1 heterocycles. The number of amides is 1. The minimum absolute atomic E-state index is 0.0687. The van der Waals surface area contributed by atoms with Crippen LogP contribution < -0.4 is 11.1 Å². The van der Waals surface area contributed by atoms with Gasteiger partial charge in [-0.2, -0.15) is 0 Å². The average molecular weight is 200 g/mol. The van der Waals surface area contributed by atoms with Crippen molar-refractivity contribution in [1.29, 1.82) is 0 Å². The molecule has 1 saturated heterocycles. The van der Waals surface area contributed by atoms with Crippen LogP contribution in [-0.4, -0.2) is 31.7 Å². The molecular formula is C10H20N2O2. The third kappa shape index (κ3) is 3.64. The zero-order valence-corrected chi connectivity index (χ0v) is 8.79. The highest BCUT2D eigenvalue weighted by Crippen LogP contribution is 2.08. The summed E-state index contributed by atoms with van der Waals surface area (Å²) in [4.78, 5) is 11.6. The van der Waals surface area contributed by atoms with Gasteiger partial charge in [-0.1, -0.05) is 6.92 Å². The summed E-state index contributed by atoms with van der Waals surface area (Å²) in [5, 5.41) is 2.98. The van der Waals surface area contributed by atoms with Crippen molar-refractivity contribution < 1.29 is 9.53 Å². The molecule has 0 aromatic heterocycles. The van der Waals surface area contributed by atoms with Crippen molar-refractivity contribution in [3.8, 4) is 0 Å². The zero-order chi connectivity index (χ0) is 10.4. The first-order valence-corrected chi connectivity index (χ1v) is 5.32. The van der Waals surface area contributed by atoms with Crippen molar-refractivity contribution in [3.63, 3.8) is 0 Å². The van der Waals surface area contributed by atoms with Crippen molar-refractivity contribution >= 4 is 5.91 Å². The molecule has 2 unspecified atom stereocenters.